The molecular weight excluding hydrogens is 208 g/mol. The molecule has 0 amide bonds. The lowest BCUT2D eigenvalue weighted by atomic mass is 9.73. The van der Waals surface area contributed by atoms with Crippen LogP contribution < -0.4 is 5.32 Å². The predicted octanol–water partition coefficient (Wildman–Crippen LogP) is 2.89. The van der Waals surface area contributed by atoms with Gasteiger partial charge in [0.25, 0.3) is 0 Å². The molecule has 1 aliphatic heterocycles. The Bertz CT molecular complexity index is 215. The molecule has 0 aromatic heterocycles. The largest absolute Gasteiger partial charge is 0.319 e. The van der Waals surface area contributed by atoms with Crippen molar-refractivity contribution in [3.63, 3.8) is 0 Å². The smallest absolute Gasteiger partial charge is 0.00503 e. The van der Waals surface area contributed by atoms with E-state index in [-0.39, 0.29) is 0 Å². The van der Waals surface area contributed by atoms with E-state index in [1.165, 1.54) is 71.1 Å². The summed E-state index contributed by atoms with van der Waals surface area (Å²) in [7, 11) is 2.12. The zero-order chi connectivity index (χ0) is 12.1. The van der Waals surface area contributed by atoms with Gasteiger partial charge in [0, 0.05) is 19.6 Å². The van der Waals surface area contributed by atoms with Crippen LogP contribution in [0.3, 0.4) is 0 Å². The van der Waals surface area contributed by atoms with Gasteiger partial charge in [-0.25, -0.2) is 0 Å². The topological polar surface area (TPSA) is 15.3 Å². The molecule has 1 aliphatic carbocycles. The van der Waals surface area contributed by atoms with E-state index < -0.39 is 0 Å². The average Bonchev–Trinajstić information content (AvgIpc) is 2.78. The van der Waals surface area contributed by atoms with E-state index in [1.54, 1.807) is 0 Å². The average molecular weight is 238 g/mol. The Morgan fingerprint density at radius 1 is 1.24 bits per heavy atom. The molecular formula is C15H30N2. The van der Waals surface area contributed by atoms with Crippen LogP contribution in [0.4, 0.5) is 0 Å². The van der Waals surface area contributed by atoms with Crippen molar-refractivity contribution in [2.45, 2.75) is 51.9 Å². The van der Waals surface area contributed by atoms with Crippen LogP contribution in [0.25, 0.3) is 0 Å². The van der Waals surface area contributed by atoms with Gasteiger partial charge in [-0.05, 0) is 44.2 Å². The normalized spacial score (nSPS) is 29.6. The molecule has 1 atom stereocenters. The first-order valence-corrected chi connectivity index (χ1v) is 7.65. The Balaban J connectivity index is 1.88. The summed E-state index contributed by atoms with van der Waals surface area (Å²) < 4.78 is 0. The minimum absolute atomic E-state index is 0.593. The number of hydrogen-bond acceptors (Lipinski definition) is 2. The summed E-state index contributed by atoms with van der Waals surface area (Å²) in [5, 5.41) is 3.45. The second-order valence-electron chi connectivity index (χ2n) is 6.39. The fourth-order valence-corrected chi connectivity index (χ4v) is 3.93. The lowest BCUT2D eigenvalue weighted by Gasteiger charge is -2.40. The molecule has 2 fully saturated rings. The van der Waals surface area contributed by atoms with Crippen molar-refractivity contribution in [1.82, 2.24) is 10.2 Å². The molecule has 17 heavy (non-hydrogen) atoms. The Kier molecular flexibility index (Phi) is 4.87. The van der Waals surface area contributed by atoms with E-state index >= 15 is 0 Å². The monoisotopic (exact) mass is 238 g/mol. The number of hydrogen-bond donors (Lipinski definition) is 1. The van der Waals surface area contributed by atoms with Crippen molar-refractivity contribution < 1.29 is 0 Å². The SMILES string of the molecule is CCC1CCN(CC2(CNC)CCCCC2)C1. The molecule has 2 rings (SSSR count). The summed E-state index contributed by atoms with van der Waals surface area (Å²) >= 11 is 0. The molecule has 1 saturated heterocycles. The predicted molar refractivity (Wildman–Crippen MR) is 74.3 cm³/mol. The number of rotatable bonds is 5. The second kappa shape index (κ2) is 6.19. The first-order chi connectivity index (χ1) is 8.28. The Morgan fingerprint density at radius 3 is 2.59 bits per heavy atom. The third-order valence-corrected chi connectivity index (χ3v) is 4.97. The summed E-state index contributed by atoms with van der Waals surface area (Å²) in [6.07, 6.45) is 10.1. The molecule has 0 aromatic rings. The highest BCUT2D eigenvalue weighted by molar-refractivity contribution is 4.89. The third-order valence-electron chi connectivity index (χ3n) is 4.97. The molecule has 1 N–H and O–H groups in total. The van der Waals surface area contributed by atoms with Gasteiger partial charge in [0.15, 0.2) is 0 Å². The maximum Gasteiger partial charge on any atom is 0.00503 e. The van der Waals surface area contributed by atoms with Gasteiger partial charge in [0.2, 0.25) is 0 Å². The molecule has 0 aromatic carbocycles. The number of likely N-dealkylation sites (tertiary alicyclic amines) is 1. The van der Waals surface area contributed by atoms with E-state index in [1.807, 2.05) is 0 Å². The van der Waals surface area contributed by atoms with Gasteiger partial charge >= 0.3 is 0 Å². The Hall–Kier alpha value is -0.0800. The van der Waals surface area contributed by atoms with Crippen molar-refractivity contribution in [2.24, 2.45) is 11.3 Å². The van der Waals surface area contributed by atoms with Crippen molar-refractivity contribution in [2.75, 3.05) is 33.2 Å². The van der Waals surface area contributed by atoms with Crippen LogP contribution in [-0.2, 0) is 0 Å². The van der Waals surface area contributed by atoms with Crippen LogP contribution in [0, 0.1) is 11.3 Å². The maximum atomic E-state index is 3.45. The van der Waals surface area contributed by atoms with Gasteiger partial charge in [0.1, 0.15) is 0 Å². The first kappa shape index (κ1) is 13.4. The molecule has 2 heteroatoms. The van der Waals surface area contributed by atoms with Crippen molar-refractivity contribution >= 4 is 0 Å². The Labute approximate surface area is 107 Å². The molecule has 1 saturated carbocycles. The minimum Gasteiger partial charge on any atom is -0.319 e. The van der Waals surface area contributed by atoms with Crippen LogP contribution in [0.1, 0.15) is 51.9 Å². The van der Waals surface area contributed by atoms with Gasteiger partial charge in [-0.15, -0.1) is 0 Å². The number of nitrogens with one attached hydrogen (secondary N) is 1. The van der Waals surface area contributed by atoms with Crippen LogP contribution in [0.2, 0.25) is 0 Å². The fourth-order valence-electron chi connectivity index (χ4n) is 3.93. The lowest BCUT2D eigenvalue weighted by Crippen LogP contribution is -2.44. The molecule has 100 valence electrons. The quantitative estimate of drug-likeness (QED) is 0.792. The Morgan fingerprint density at radius 2 is 2.00 bits per heavy atom. The van der Waals surface area contributed by atoms with E-state index in [0.29, 0.717) is 5.41 Å². The molecule has 2 nitrogen and oxygen atoms in total. The molecule has 2 aliphatic rings. The van der Waals surface area contributed by atoms with Crippen molar-refractivity contribution in [3.05, 3.63) is 0 Å². The summed E-state index contributed by atoms with van der Waals surface area (Å²) in [5.74, 6) is 0.977. The maximum absolute atomic E-state index is 3.45. The van der Waals surface area contributed by atoms with Crippen LogP contribution in [0.5, 0.6) is 0 Å². The number of nitrogens with zero attached hydrogens (tertiary/aromatic N) is 1. The highest BCUT2D eigenvalue weighted by atomic mass is 15.2. The molecule has 0 spiro atoms. The zero-order valence-electron chi connectivity index (χ0n) is 11.8. The fraction of sp³-hybridized carbons (Fsp3) is 1.00. The third kappa shape index (κ3) is 3.45. The van der Waals surface area contributed by atoms with Crippen molar-refractivity contribution in [3.8, 4) is 0 Å². The highest BCUT2D eigenvalue weighted by Crippen LogP contribution is 2.37. The standard InChI is InChI=1S/C15H30N2/c1-3-14-7-10-17(11-14)13-15(12-16-2)8-5-4-6-9-15/h14,16H,3-13H2,1-2H3. The minimum atomic E-state index is 0.593. The summed E-state index contributed by atoms with van der Waals surface area (Å²) in [4.78, 5) is 2.75. The van der Waals surface area contributed by atoms with Gasteiger partial charge in [0.05, 0.1) is 0 Å². The van der Waals surface area contributed by atoms with Gasteiger partial charge in [-0.2, -0.15) is 0 Å². The van der Waals surface area contributed by atoms with E-state index in [9.17, 15) is 0 Å². The molecule has 1 heterocycles. The van der Waals surface area contributed by atoms with E-state index in [0.717, 1.165) is 5.92 Å². The molecule has 0 radical (unpaired) electrons. The molecule has 1 unspecified atom stereocenters. The molecule has 0 bridgehead atoms. The highest BCUT2D eigenvalue weighted by Gasteiger charge is 2.35. The second-order valence-corrected chi connectivity index (χ2v) is 6.39. The summed E-state index contributed by atoms with van der Waals surface area (Å²) in [6.45, 7) is 7.63. The van der Waals surface area contributed by atoms with E-state index in [2.05, 4.69) is 24.2 Å². The summed E-state index contributed by atoms with van der Waals surface area (Å²) in [6, 6.07) is 0. The first-order valence-electron chi connectivity index (χ1n) is 7.65. The van der Waals surface area contributed by atoms with Crippen LogP contribution in [0.15, 0.2) is 0 Å². The lowest BCUT2D eigenvalue weighted by molar-refractivity contribution is 0.116. The zero-order valence-corrected chi connectivity index (χ0v) is 11.8. The van der Waals surface area contributed by atoms with Gasteiger partial charge in [-0.1, -0.05) is 32.6 Å². The van der Waals surface area contributed by atoms with E-state index in [4.69, 9.17) is 0 Å². The van der Waals surface area contributed by atoms with Crippen LogP contribution >= 0.6 is 0 Å². The van der Waals surface area contributed by atoms with Gasteiger partial charge in [-0.3, -0.25) is 0 Å². The van der Waals surface area contributed by atoms with Crippen LogP contribution in [-0.4, -0.2) is 38.1 Å². The van der Waals surface area contributed by atoms with Gasteiger partial charge < -0.3 is 10.2 Å². The summed E-state index contributed by atoms with van der Waals surface area (Å²) in [5.41, 5.74) is 0.593. The van der Waals surface area contributed by atoms with Crippen molar-refractivity contribution in [1.29, 1.82) is 0 Å².